The molecule has 0 atom stereocenters. The van der Waals surface area contributed by atoms with Gasteiger partial charge in [-0.3, -0.25) is 4.79 Å². The summed E-state index contributed by atoms with van der Waals surface area (Å²) in [6.45, 7) is 2.60. The van der Waals surface area contributed by atoms with Crippen LogP contribution in [0.15, 0.2) is 36.5 Å². The Morgan fingerprint density at radius 1 is 1.30 bits per heavy atom. The van der Waals surface area contributed by atoms with Crippen LogP contribution in [0, 0.1) is 6.92 Å². The summed E-state index contributed by atoms with van der Waals surface area (Å²) >= 11 is 11.5. The number of rotatable bonds is 4. The van der Waals surface area contributed by atoms with E-state index in [4.69, 9.17) is 23.2 Å². The highest BCUT2D eigenvalue weighted by atomic mass is 35.5. The van der Waals surface area contributed by atoms with Crippen molar-refractivity contribution in [1.29, 1.82) is 0 Å². The van der Waals surface area contributed by atoms with E-state index in [0.29, 0.717) is 12.1 Å². The van der Waals surface area contributed by atoms with Crippen LogP contribution in [0.1, 0.15) is 21.5 Å². The summed E-state index contributed by atoms with van der Waals surface area (Å²) in [5.41, 5.74) is 2.81. The molecule has 0 saturated heterocycles. The molecule has 2 rings (SSSR count). The number of hydrogen-bond donors (Lipinski definition) is 1. The van der Waals surface area contributed by atoms with Crippen LogP contribution in [0.25, 0.3) is 0 Å². The van der Waals surface area contributed by atoms with Crippen LogP contribution in [0.2, 0.25) is 10.2 Å². The van der Waals surface area contributed by atoms with E-state index in [0.717, 1.165) is 6.42 Å². The molecule has 0 aliphatic carbocycles. The lowest BCUT2D eigenvalue weighted by atomic mass is 10.1. The molecule has 20 heavy (non-hydrogen) atoms. The second kappa shape index (κ2) is 6.73. The van der Waals surface area contributed by atoms with E-state index in [2.05, 4.69) is 16.4 Å². The third kappa shape index (κ3) is 3.95. The maximum absolute atomic E-state index is 11.9. The molecule has 5 heteroatoms. The number of nitrogens with zero attached hydrogens (tertiary/aromatic N) is 1. The Kier molecular flexibility index (Phi) is 4.99. The lowest BCUT2D eigenvalue weighted by molar-refractivity contribution is 0.0954. The van der Waals surface area contributed by atoms with Crippen LogP contribution in [0.5, 0.6) is 0 Å². The van der Waals surface area contributed by atoms with Gasteiger partial charge in [-0.2, -0.15) is 0 Å². The van der Waals surface area contributed by atoms with Gasteiger partial charge in [0.25, 0.3) is 5.91 Å². The number of aryl methyl sites for hydroxylation is 1. The third-order valence-corrected chi connectivity index (χ3v) is 3.53. The predicted molar refractivity (Wildman–Crippen MR) is 81.5 cm³/mol. The van der Waals surface area contributed by atoms with Crippen molar-refractivity contribution in [3.8, 4) is 0 Å². The summed E-state index contributed by atoms with van der Waals surface area (Å²) in [6, 6.07) is 9.71. The van der Waals surface area contributed by atoms with Gasteiger partial charge in [0.2, 0.25) is 0 Å². The number of halogens is 2. The lowest BCUT2D eigenvalue weighted by Gasteiger charge is -2.06. The largest absolute Gasteiger partial charge is 0.352 e. The smallest absolute Gasteiger partial charge is 0.252 e. The van der Waals surface area contributed by atoms with E-state index >= 15 is 0 Å². The van der Waals surface area contributed by atoms with E-state index in [-0.39, 0.29) is 16.1 Å². The van der Waals surface area contributed by atoms with Crippen molar-refractivity contribution in [2.24, 2.45) is 0 Å². The van der Waals surface area contributed by atoms with Crippen molar-refractivity contribution in [3.05, 3.63) is 63.4 Å². The molecule has 2 aromatic rings. The highest BCUT2D eigenvalue weighted by molar-refractivity contribution is 6.41. The van der Waals surface area contributed by atoms with E-state index in [9.17, 15) is 4.79 Å². The predicted octanol–water partition coefficient (Wildman–Crippen LogP) is 3.67. The molecule has 0 fully saturated rings. The molecule has 0 unspecified atom stereocenters. The molecule has 0 spiro atoms. The summed E-state index contributed by atoms with van der Waals surface area (Å²) < 4.78 is 0. The Hall–Kier alpha value is -1.58. The second-order valence-corrected chi connectivity index (χ2v) is 5.26. The zero-order chi connectivity index (χ0) is 14.5. The lowest BCUT2D eigenvalue weighted by Crippen LogP contribution is -2.25. The Labute approximate surface area is 127 Å². The summed E-state index contributed by atoms with van der Waals surface area (Å²) in [7, 11) is 0. The molecule has 1 N–H and O–H groups in total. The van der Waals surface area contributed by atoms with Gasteiger partial charge < -0.3 is 5.32 Å². The number of carbonyl (C=O) groups is 1. The topological polar surface area (TPSA) is 42.0 Å². The molecule has 104 valence electrons. The van der Waals surface area contributed by atoms with Gasteiger partial charge in [0, 0.05) is 12.7 Å². The van der Waals surface area contributed by atoms with Crippen molar-refractivity contribution in [2.75, 3.05) is 6.54 Å². The fourth-order valence-electron chi connectivity index (χ4n) is 1.84. The van der Waals surface area contributed by atoms with Gasteiger partial charge in [0.1, 0.15) is 5.15 Å². The first kappa shape index (κ1) is 14.8. The zero-order valence-corrected chi connectivity index (χ0v) is 12.5. The van der Waals surface area contributed by atoms with Gasteiger partial charge in [-0.05, 0) is 25.0 Å². The molecular formula is C15H14Cl2N2O. The SMILES string of the molecule is Cc1cccc(CCNC(=O)c2cnc(Cl)c(Cl)c2)c1. The van der Waals surface area contributed by atoms with Crippen LogP contribution in [-0.2, 0) is 6.42 Å². The fourth-order valence-corrected chi connectivity index (χ4v) is 2.11. The van der Waals surface area contributed by atoms with Crippen LogP contribution < -0.4 is 5.32 Å². The maximum atomic E-state index is 11.9. The van der Waals surface area contributed by atoms with E-state index in [1.165, 1.54) is 23.4 Å². The molecule has 1 aromatic carbocycles. The van der Waals surface area contributed by atoms with E-state index in [1.54, 1.807) is 0 Å². The van der Waals surface area contributed by atoms with Gasteiger partial charge in [0.05, 0.1) is 10.6 Å². The minimum Gasteiger partial charge on any atom is -0.352 e. The second-order valence-electron chi connectivity index (χ2n) is 4.49. The minimum atomic E-state index is -0.205. The first-order valence-electron chi connectivity index (χ1n) is 6.21. The van der Waals surface area contributed by atoms with E-state index < -0.39 is 0 Å². The Morgan fingerprint density at radius 3 is 2.80 bits per heavy atom. The summed E-state index contributed by atoms with van der Waals surface area (Å²) in [6.07, 6.45) is 2.19. The number of pyridine rings is 1. The van der Waals surface area contributed by atoms with Crippen LogP contribution in [0.3, 0.4) is 0 Å². The average Bonchev–Trinajstić information content (AvgIpc) is 2.42. The van der Waals surface area contributed by atoms with E-state index in [1.807, 2.05) is 25.1 Å². The van der Waals surface area contributed by atoms with Crippen molar-refractivity contribution in [3.63, 3.8) is 0 Å². The summed E-state index contributed by atoms with van der Waals surface area (Å²) in [5, 5.41) is 3.31. The van der Waals surface area contributed by atoms with Gasteiger partial charge in [-0.15, -0.1) is 0 Å². The monoisotopic (exact) mass is 308 g/mol. The maximum Gasteiger partial charge on any atom is 0.252 e. The quantitative estimate of drug-likeness (QED) is 0.876. The van der Waals surface area contributed by atoms with Gasteiger partial charge in [-0.25, -0.2) is 4.98 Å². The van der Waals surface area contributed by atoms with Gasteiger partial charge in [0.15, 0.2) is 0 Å². The number of benzene rings is 1. The Bertz CT molecular complexity index is 629. The van der Waals surface area contributed by atoms with Crippen LogP contribution in [-0.4, -0.2) is 17.4 Å². The number of aromatic nitrogens is 1. The van der Waals surface area contributed by atoms with Crippen molar-refractivity contribution in [1.82, 2.24) is 10.3 Å². The Morgan fingerprint density at radius 2 is 2.10 bits per heavy atom. The standard InChI is InChI=1S/C15H14Cl2N2O/c1-10-3-2-4-11(7-10)5-6-18-15(20)12-8-13(16)14(17)19-9-12/h2-4,7-9H,5-6H2,1H3,(H,18,20). The molecule has 1 amide bonds. The minimum absolute atomic E-state index is 0.197. The molecular weight excluding hydrogens is 295 g/mol. The van der Waals surface area contributed by atoms with Crippen molar-refractivity contribution >= 4 is 29.1 Å². The van der Waals surface area contributed by atoms with Gasteiger partial charge >= 0.3 is 0 Å². The fraction of sp³-hybridized carbons (Fsp3) is 0.200. The third-order valence-electron chi connectivity index (χ3n) is 2.84. The first-order chi connectivity index (χ1) is 9.56. The molecule has 0 radical (unpaired) electrons. The number of carbonyl (C=O) groups excluding carboxylic acids is 1. The summed E-state index contributed by atoms with van der Waals surface area (Å²) in [4.78, 5) is 15.8. The van der Waals surface area contributed by atoms with Crippen molar-refractivity contribution in [2.45, 2.75) is 13.3 Å². The zero-order valence-electron chi connectivity index (χ0n) is 11.0. The molecule has 0 aliphatic heterocycles. The highest BCUT2D eigenvalue weighted by Gasteiger charge is 2.08. The van der Waals surface area contributed by atoms with Crippen LogP contribution >= 0.6 is 23.2 Å². The van der Waals surface area contributed by atoms with Crippen molar-refractivity contribution < 1.29 is 4.79 Å². The molecule has 3 nitrogen and oxygen atoms in total. The van der Waals surface area contributed by atoms with Crippen LogP contribution in [0.4, 0.5) is 0 Å². The molecule has 0 aliphatic rings. The summed E-state index contributed by atoms with van der Waals surface area (Å²) in [5.74, 6) is -0.205. The first-order valence-corrected chi connectivity index (χ1v) is 6.96. The normalized spacial score (nSPS) is 10.3. The number of nitrogens with one attached hydrogen (secondary N) is 1. The highest BCUT2D eigenvalue weighted by Crippen LogP contribution is 2.19. The number of amides is 1. The molecule has 1 aromatic heterocycles. The molecule has 0 bridgehead atoms. The van der Waals surface area contributed by atoms with Gasteiger partial charge in [-0.1, -0.05) is 53.0 Å². The Balaban J connectivity index is 1.90. The molecule has 1 heterocycles. The molecule has 0 saturated carbocycles. The average molecular weight is 309 g/mol. The number of hydrogen-bond acceptors (Lipinski definition) is 2.